The number of β-amino-alcohol motifs (C(OH)–C–C–N with tert-alkyl or cyclic N) is 2. The highest BCUT2D eigenvalue weighted by Gasteiger charge is 2.47. The SMILES string of the molecule is CCc1c(F)ccc2cc(O)cc(-c3ncc4c(N5CCC[C@@](C)(O)C5)nc(OCC5(CN6CCN(C7CC(c8cn([C@H](C(=O)N9C[C@H](O)C[C@H]9C(=O)N[C@@H](C)c9ccc(-c%10scnc%10C)cc9)C(C)C)nn8)C7)CC6)CC5)nc4c3F)c12. The molecule has 5 fully saturated rings. The van der Waals surface area contributed by atoms with Gasteiger partial charge in [-0.05, 0) is 117 Å². The zero-order chi connectivity index (χ0) is 58.1. The average Bonchev–Trinajstić information content (AvgIpc) is 2.38. The molecule has 7 aromatic rings. The zero-order valence-corrected chi connectivity index (χ0v) is 48.9. The van der Waals surface area contributed by atoms with Crippen LogP contribution in [-0.4, -0.2) is 160 Å². The van der Waals surface area contributed by atoms with Crippen LogP contribution < -0.4 is 15.0 Å². The van der Waals surface area contributed by atoms with Crippen LogP contribution in [0.15, 0.2) is 66.4 Å². The highest BCUT2D eigenvalue weighted by Crippen LogP contribution is 2.48. The van der Waals surface area contributed by atoms with Gasteiger partial charge in [0.05, 0.1) is 51.5 Å². The minimum atomic E-state index is -0.985. The molecular weight excluding hydrogens is 1080 g/mol. The van der Waals surface area contributed by atoms with Gasteiger partial charge in [0, 0.05) is 94.1 Å². The third-order valence-corrected chi connectivity index (χ3v) is 19.2. The van der Waals surface area contributed by atoms with Gasteiger partial charge in [-0.1, -0.05) is 56.3 Å². The fourth-order valence-corrected chi connectivity index (χ4v) is 14.1. The number of nitrogens with one attached hydrogen (secondary N) is 1. The highest BCUT2D eigenvalue weighted by atomic mass is 32.1. The molecule has 0 spiro atoms. The normalized spacial score (nSPS) is 23.7. The number of halogens is 2. The molecule has 3 aromatic carbocycles. The number of aryl methyl sites for hydroxylation is 2. The number of phenols is 1. The van der Waals surface area contributed by atoms with Crippen LogP contribution in [0.1, 0.15) is 120 Å². The molecule has 4 aromatic heterocycles. The number of hydrogen-bond acceptors (Lipinski definition) is 16. The van der Waals surface area contributed by atoms with E-state index < -0.39 is 35.4 Å². The zero-order valence-electron chi connectivity index (χ0n) is 48.1. The van der Waals surface area contributed by atoms with E-state index in [1.54, 1.807) is 29.0 Å². The van der Waals surface area contributed by atoms with Gasteiger partial charge in [0.25, 0.3) is 0 Å². The number of piperazine rings is 1. The van der Waals surface area contributed by atoms with Gasteiger partial charge in [0.15, 0.2) is 5.82 Å². The Kier molecular flexibility index (Phi) is 15.5. The summed E-state index contributed by atoms with van der Waals surface area (Å²) in [5, 5.41) is 46.4. The summed E-state index contributed by atoms with van der Waals surface area (Å²) >= 11 is 1.59. The second-order valence-electron chi connectivity index (χ2n) is 24.8. The van der Waals surface area contributed by atoms with Gasteiger partial charge < -0.3 is 40.1 Å². The van der Waals surface area contributed by atoms with E-state index in [9.17, 15) is 24.9 Å². The number of likely N-dealkylation sites (tertiary alicyclic amines) is 1. The molecule has 0 bridgehead atoms. The minimum absolute atomic E-state index is 0.00718. The number of carbonyl (C=O) groups excluding carboxylic acids is 2. The molecule has 0 radical (unpaired) electrons. The smallest absolute Gasteiger partial charge is 0.319 e. The lowest BCUT2D eigenvalue weighted by atomic mass is 9.77. The number of carbonyl (C=O) groups is 2. The third-order valence-electron chi connectivity index (χ3n) is 18.2. The number of benzene rings is 3. The maximum absolute atomic E-state index is 17.2. The number of phenolic OH excluding ortho intramolecular Hbond substituents is 1. The molecule has 2 aliphatic carbocycles. The van der Waals surface area contributed by atoms with Gasteiger partial charge in [-0.2, -0.15) is 9.97 Å². The molecule has 438 valence electrons. The quantitative estimate of drug-likeness (QED) is 0.0673. The highest BCUT2D eigenvalue weighted by molar-refractivity contribution is 7.13. The van der Waals surface area contributed by atoms with Gasteiger partial charge in [-0.15, -0.1) is 16.4 Å². The Morgan fingerprint density at radius 1 is 0.964 bits per heavy atom. The molecule has 21 heteroatoms. The molecule has 2 amide bonds. The molecule has 12 rings (SSSR count). The van der Waals surface area contributed by atoms with Crippen LogP contribution in [0.2, 0.25) is 0 Å². The molecule has 5 aliphatic rings. The number of ether oxygens (including phenoxy) is 1. The molecule has 5 atom stereocenters. The van der Waals surface area contributed by atoms with E-state index in [1.807, 2.05) is 75.5 Å². The van der Waals surface area contributed by atoms with Crippen LogP contribution in [0.5, 0.6) is 11.8 Å². The number of thiazole rings is 1. The van der Waals surface area contributed by atoms with Crippen molar-refractivity contribution in [2.24, 2.45) is 11.3 Å². The van der Waals surface area contributed by atoms with Crippen molar-refractivity contribution in [3.63, 3.8) is 0 Å². The summed E-state index contributed by atoms with van der Waals surface area (Å²) in [5.74, 6) is -1.36. The summed E-state index contributed by atoms with van der Waals surface area (Å²) in [6, 6.07) is 12.5. The monoisotopic (exact) mass is 1150 g/mol. The second kappa shape index (κ2) is 22.7. The van der Waals surface area contributed by atoms with Crippen molar-refractivity contribution in [1.82, 2.24) is 54.9 Å². The largest absolute Gasteiger partial charge is 0.508 e. The van der Waals surface area contributed by atoms with Crippen LogP contribution in [0.4, 0.5) is 14.6 Å². The van der Waals surface area contributed by atoms with Gasteiger partial charge in [-0.25, -0.2) is 18.4 Å². The molecule has 7 heterocycles. The van der Waals surface area contributed by atoms with E-state index in [2.05, 4.69) is 35.4 Å². The summed E-state index contributed by atoms with van der Waals surface area (Å²) < 4.78 is 40.6. The van der Waals surface area contributed by atoms with Crippen LogP contribution in [-0.2, 0) is 16.0 Å². The van der Waals surface area contributed by atoms with Crippen molar-refractivity contribution in [2.75, 3.05) is 63.9 Å². The predicted molar refractivity (Wildman–Crippen MR) is 313 cm³/mol. The number of aliphatic hydroxyl groups excluding tert-OH is 1. The van der Waals surface area contributed by atoms with E-state index in [0.717, 1.165) is 85.8 Å². The Bertz CT molecular complexity index is 3560. The summed E-state index contributed by atoms with van der Waals surface area (Å²) in [7, 11) is 0. The van der Waals surface area contributed by atoms with Gasteiger partial charge in [0.1, 0.15) is 40.7 Å². The maximum Gasteiger partial charge on any atom is 0.319 e. The molecule has 83 heavy (non-hydrogen) atoms. The number of rotatable bonds is 17. The number of pyridine rings is 1. The summed E-state index contributed by atoms with van der Waals surface area (Å²) in [4.78, 5) is 56.5. The Hall–Kier alpha value is -6.78. The molecule has 3 saturated heterocycles. The number of piperidine rings is 1. The summed E-state index contributed by atoms with van der Waals surface area (Å²) in [6.07, 6.45) is 8.24. The van der Waals surface area contributed by atoms with Crippen molar-refractivity contribution in [1.29, 1.82) is 0 Å². The average molecular weight is 1150 g/mol. The molecule has 4 N–H and O–H groups in total. The Morgan fingerprint density at radius 3 is 2.43 bits per heavy atom. The van der Waals surface area contributed by atoms with Gasteiger partial charge in [-0.3, -0.25) is 19.5 Å². The first-order valence-corrected chi connectivity index (χ1v) is 30.3. The number of aliphatic hydroxyl groups is 2. The van der Waals surface area contributed by atoms with E-state index in [4.69, 9.17) is 14.7 Å². The number of aromatic hydroxyl groups is 1. The number of amides is 2. The van der Waals surface area contributed by atoms with Crippen LogP contribution >= 0.6 is 11.3 Å². The summed E-state index contributed by atoms with van der Waals surface area (Å²) in [5.41, 5.74) is 5.14. The Morgan fingerprint density at radius 2 is 1.73 bits per heavy atom. The number of aromatic nitrogens is 7. The van der Waals surface area contributed by atoms with Crippen LogP contribution in [0, 0.1) is 29.9 Å². The van der Waals surface area contributed by atoms with Gasteiger partial charge in [0.2, 0.25) is 11.8 Å². The van der Waals surface area contributed by atoms with Crippen molar-refractivity contribution < 1.29 is 38.4 Å². The molecule has 3 aliphatic heterocycles. The number of fused-ring (bicyclic) bond motifs is 2. The van der Waals surface area contributed by atoms with Crippen molar-refractivity contribution in [2.45, 2.75) is 135 Å². The van der Waals surface area contributed by atoms with Crippen LogP contribution in [0.25, 0.3) is 43.4 Å². The van der Waals surface area contributed by atoms with Crippen molar-refractivity contribution in [3.8, 4) is 33.5 Å². The summed E-state index contributed by atoms with van der Waals surface area (Å²) in [6.45, 7) is 17.2. The molecule has 18 nitrogen and oxygen atoms in total. The Balaban J connectivity index is 0.663. The number of nitrogens with zero attached hydrogens (tertiary/aromatic N) is 11. The maximum atomic E-state index is 17.2. The predicted octanol–water partition coefficient (Wildman–Crippen LogP) is 8.52. The fraction of sp³-hybridized carbons (Fsp3) is 0.516. The minimum Gasteiger partial charge on any atom is -0.508 e. The van der Waals surface area contributed by atoms with Crippen molar-refractivity contribution in [3.05, 3.63) is 101 Å². The van der Waals surface area contributed by atoms with Gasteiger partial charge >= 0.3 is 6.01 Å². The topological polar surface area (TPSA) is 211 Å². The third kappa shape index (κ3) is 11.4. The van der Waals surface area contributed by atoms with E-state index >= 15 is 8.78 Å². The lowest BCUT2D eigenvalue weighted by Crippen LogP contribution is -2.54. The molecule has 0 unspecified atom stereocenters. The lowest BCUT2D eigenvalue weighted by molar-refractivity contribution is -0.142. The number of anilines is 1. The first-order valence-electron chi connectivity index (χ1n) is 29.4. The van der Waals surface area contributed by atoms with E-state index in [-0.39, 0.29) is 83.2 Å². The van der Waals surface area contributed by atoms with Crippen molar-refractivity contribution >= 4 is 50.6 Å². The van der Waals surface area contributed by atoms with E-state index in [0.29, 0.717) is 66.0 Å². The Labute approximate surface area is 485 Å². The lowest BCUT2D eigenvalue weighted by Gasteiger charge is -2.46. The number of hydrogen-bond donors (Lipinski definition) is 4. The standard InChI is InChI=1S/C62H74F2N12O6S/c1-7-45-48(63)14-13-40-25-43(77)26-46(51(40)45)53-52(64)54-47(28-65-53)57(74-18-8-15-61(6,81)31-74)69-60(68-54)82-33-62(16-17-62)32-72-19-21-73(22-20-72)42-23-41(24-42)49-30-76(71-70-49)55(35(2)3)59(80)75-29-44(78)27-50(75)58(79)67-36(4)38-9-11-39(12-10-38)56-37(5)66-34-83-56/h9-14,25-26,28,30,34-36,41-42,44,50,55,77-78,81H,7-8,15-24,27,29,31-33H2,1-6H3,(H,67,79)/t36-,41?,42?,44+,50-,55-,61+/m0/s1. The second-order valence-corrected chi connectivity index (χ2v) is 25.6. The fourth-order valence-electron chi connectivity index (χ4n) is 13.3. The van der Waals surface area contributed by atoms with Crippen LogP contribution in [0.3, 0.4) is 0 Å². The molecule has 2 saturated carbocycles. The molecular formula is C62H74F2N12O6S. The van der Waals surface area contributed by atoms with E-state index in [1.165, 1.54) is 29.3 Å². The first-order chi connectivity index (χ1) is 39.8. The first kappa shape index (κ1) is 56.7.